The van der Waals surface area contributed by atoms with Gasteiger partial charge in [0.25, 0.3) is 0 Å². The van der Waals surface area contributed by atoms with Crippen molar-refractivity contribution in [1.29, 1.82) is 0 Å². The summed E-state index contributed by atoms with van der Waals surface area (Å²) < 4.78 is 31.8. The van der Waals surface area contributed by atoms with E-state index in [0.717, 1.165) is 24.8 Å². The van der Waals surface area contributed by atoms with E-state index < -0.39 is 0 Å². The maximum Gasteiger partial charge on any atom is 0.188 e. The van der Waals surface area contributed by atoms with Crippen LogP contribution in [0.15, 0.2) is 42.5 Å². The second kappa shape index (κ2) is 11.7. The van der Waals surface area contributed by atoms with Crippen molar-refractivity contribution in [3.8, 4) is 17.2 Å². The molecule has 0 heterocycles. The molecule has 0 amide bonds. The lowest BCUT2D eigenvalue weighted by molar-refractivity contribution is 0.0453. The van der Waals surface area contributed by atoms with Gasteiger partial charge in [-0.25, -0.2) is 0 Å². The van der Waals surface area contributed by atoms with E-state index in [0.29, 0.717) is 22.8 Å². The lowest BCUT2D eigenvalue weighted by Crippen LogP contribution is -2.19. The molecule has 0 bridgehead atoms. The highest BCUT2D eigenvalue weighted by molar-refractivity contribution is 5.98. The predicted molar refractivity (Wildman–Crippen MR) is 115 cm³/mol. The fourth-order valence-electron chi connectivity index (χ4n) is 3.99. The van der Waals surface area contributed by atoms with Crippen molar-refractivity contribution in [3.05, 3.63) is 53.6 Å². The Balaban J connectivity index is 1.80. The number of carbonyl (C=O) groups is 1. The molecule has 168 valence electrons. The fraction of sp³-hybridized carbons (Fsp3) is 0.458. The minimum atomic E-state index is -0.110. The van der Waals surface area contributed by atoms with E-state index in [2.05, 4.69) is 0 Å². The summed E-state index contributed by atoms with van der Waals surface area (Å²) in [6, 6.07) is 12.9. The van der Waals surface area contributed by atoms with Crippen molar-refractivity contribution >= 4 is 5.78 Å². The predicted octanol–water partition coefficient (Wildman–Crippen LogP) is 4.40. The summed E-state index contributed by atoms with van der Waals surface area (Å²) in [6.07, 6.45) is 2.76. The zero-order chi connectivity index (χ0) is 22.1. The molecule has 7 heteroatoms. The number of methoxy groups -OCH3 is 3. The molecule has 1 saturated carbocycles. The molecule has 0 saturated heterocycles. The van der Waals surface area contributed by atoms with Crippen LogP contribution in [0.5, 0.6) is 17.2 Å². The normalized spacial score (nSPS) is 18.0. The molecule has 0 unspecified atom stereocenters. The standard InChI is InChI=1S/C24H30O7/c1-26-14-29-18-9-7-17(8-10-18)24(25)22-6-4-5-20(22)21-12-11-19(30-15-27-2)13-23(21)31-16-28-3/h7-13,20,22H,4-6,14-16H2,1-3H3/t20-,22-/m0/s1. The first-order valence-electron chi connectivity index (χ1n) is 10.3. The fourth-order valence-corrected chi connectivity index (χ4v) is 3.99. The van der Waals surface area contributed by atoms with Gasteiger partial charge < -0.3 is 28.4 Å². The highest BCUT2D eigenvalue weighted by Crippen LogP contribution is 2.45. The van der Waals surface area contributed by atoms with Gasteiger partial charge in [0.15, 0.2) is 26.2 Å². The molecular formula is C24H30O7. The number of Topliss-reactive ketones (excluding diaryl/α,β-unsaturated/α-hetero) is 1. The number of hydrogen-bond acceptors (Lipinski definition) is 7. The number of hydrogen-bond donors (Lipinski definition) is 0. The zero-order valence-corrected chi connectivity index (χ0v) is 18.3. The number of rotatable bonds is 12. The van der Waals surface area contributed by atoms with Crippen LogP contribution >= 0.6 is 0 Å². The van der Waals surface area contributed by atoms with Crippen molar-refractivity contribution < 1.29 is 33.2 Å². The van der Waals surface area contributed by atoms with Crippen molar-refractivity contribution in [3.63, 3.8) is 0 Å². The summed E-state index contributed by atoms with van der Waals surface area (Å²) >= 11 is 0. The van der Waals surface area contributed by atoms with Crippen LogP contribution in [-0.2, 0) is 14.2 Å². The maximum atomic E-state index is 13.3. The van der Waals surface area contributed by atoms with E-state index in [4.69, 9.17) is 28.4 Å². The SMILES string of the molecule is COCOc1ccc(C(=O)[C@H]2CCC[C@H]2c2ccc(OCOC)cc2OCOC)cc1. The Bertz CT molecular complexity index is 834. The molecule has 0 N–H and O–H groups in total. The first kappa shape index (κ1) is 23.1. The molecule has 0 aromatic heterocycles. The van der Waals surface area contributed by atoms with Crippen LogP contribution in [-0.4, -0.2) is 47.5 Å². The number of ketones is 1. The minimum Gasteiger partial charge on any atom is -0.468 e. The highest BCUT2D eigenvalue weighted by Gasteiger charge is 2.36. The van der Waals surface area contributed by atoms with E-state index in [-0.39, 0.29) is 38.0 Å². The third-order valence-electron chi connectivity index (χ3n) is 5.40. The average molecular weight is 430 g/mol. The number of carbonyl (C=O) groups excluding carboxylic acids is 1. The molecule has 0 spiro atoms. The van der Waals surface area contributed by atoms with Crippen LogP contribution in [0, 0.1) is 5.92 Å². The zero-order valence-electron chi connectivity index (χ0n) is 18.3. The molecule has 3 rings (SSSR count). The number of ether oxygens (including phenoxy) is 6. The van der Waals surface area contributed by atoms with Crippen LogP contribution in [0.25, 0.3) is 0 Å². The van der Waals surface area contributed by atoms with Crippen LogP contribution in [0.3, 0.4) is 0 Å². The Morgan fingerprint density at radius 3 is 2.10 bits per heavy atom. The molecule has 31 heavy (non-hydrogen) atoms. The topological polar surface area (TPSA) is 72.5 Å². The Morgan fingerprint density at radius 2 is 1.42 bits per heavy atom. The van der Waals surface area contributed by atoms with Crippen molar-refractivity contribution in [2.24, 2.45) is 5.92 Å². The van der Waals surface area contributed by atoms with Crippen LogP contribution in [0.2, 0.25) is 0 Å². The molecule has 0 aliphatic heterocycles. The Hall–Kier alpha value is -2.61. The summed E-state index contributed by atoms with van der Waals surface area (Å²) in [5.74, 6) is 2.08. The monoisotopic (exact) mass is 430 g/mol. The summed E-state index contributed by atoms with van der Waals surface area (Å²) in [4.78, 5) is 13.3. The first-order chi connectivity index (χ1) is 15.2. The Morgan fingerprint density at radius 1 is 0.806 bits per heavy atom. The van der Waals surface area contributed by atoms with Gasteiger partial charge >= 0.3 is 0 Å². The van der Waals surface area contributed by atoms with Gasteiger partial charge in [0.2, 0.25) is 0 Å². The molecule has 2 aromatic carbocycles. The molecule has 1 aliphatic carbocycles. The summed E-state index contributed by atoms with van der Waals surface area (Å²) in [5.41, 5.74) is 1.68. The van der Waals surface area contributed by atoms with Gasteiger partial charge in [0, 0.05) is 38.9 Å². The number of benzene rings is 2. The molecular weight excluding hydrogens is 400 g/mol. The van der Waals surface area contributed by atoms with Crippen molar-refractivity contribution in [2.75, 3.05) is 41.7 Å². The van der Waals surface area contributed by atoms with Gasteiger partial charge in [-0.15, -0.1) is 0 Å². The largest absolute Gasteiger partial charge is 0.468 e. The summed E-state index contributed by atoms with van der Waals surface area (Å²) in [7, 11) is 4.72. The Labute approximate surface area is 183 Å². The molecule has 1 aliphatic rings. The third-order valence-corrected chi connectivity index (χ3v) is 5.40. The maximum absolute atomic E-state index is 13.3. The van der Waals surface area contributed by atoms with Crippen LogP contribution in [0.4, 0.5) is 0 Å². The third kappa shape index (κ3) is 5.97. The van der Waals surface area contributed by atoms with Gasteiger partial charge in [0.1, 0.15) is 17.2 Å². The smallest absolute Gasteiger partial charge is 0.188 e. The quantitative estimate of drug-likeness (QED) is 0.365. The van der Waals surface area contributed by atoms with E-state index in [9.17, 15) is 4.79 Å². The summed E-state index contributed by atoms with van der Waals surface area (Å²) in [5, 5.41) is 0. The van der Waals surface area contributed by atoms with Gasteiger partial charge in [0.05, 0.1) is 0 Å². The van der Waals surface area contributed by atoms with Gasteiger partial charge in [-0.2, -0.15) is 0 Å². The van der Waals surface area contributed by atoms with Crippen LogP contribution < -0.4 is 14.2 Å². The van der Waals surface area contributed by atoms with E-state index in [1.807, 2.05) is 30.3 Å². The molecule has 2 aromatic rings. The molecule has 2 atom stereocenters. The Kier molecular flexibility index (Phi) is 8.70. The van der Waals surface area contributed by atoms with Gasteiger partial charge in [-0.3, -0.25) is 4.79 Å². The molecule has 0 radical (unpaired) electrons. The second-order valence-electron chi connectivity index (χ2n) is 7.38. The molecule has 1 fully saturated rings. The van der Waals surface area contributed by atoms with E-state index in [1.165, 1.54) is 0 Å². The first-order valence-corrected chi connectivity index (χ1v) is 10.3. The lowest BCUT2D eigenvalue weighted by atomic mass is 9.83. The second-order valence-corrected chi connectivity index (χ2v) is 7.38. The highest BCUT2D eigenvalue weighted by atomic mass is 16.7. The van der Waals surface area contributed by atoms with E-state index in [1.54, 1.807) is 33.5 Å². The summed E-state index contributed by atoms with van der Waals surface area (Å²) in [6.45, 7) is 0.443. The van der Waals surface area contributed by atoms with Crippen molar-refractivity contribution in [1.82, 2.24) is 0 Å². The van der Waals surface area contributed by atoms with Crippen LogP contribution in [0.1, 0.15) is 41.1 Å². The molecule has 7 nitrogen and oxygen atoms in total. The minimum absolute atomic E-state index is 0.0697. The van der Waals surface area contributed by atoms with E-state index >= 15 is 0 Å². The van der Waals surface area contributed by atoms with Gasteiger partial charge in [-0.05, 0) is 54.7 Å². The van der Waals surface area contributed by atoms with Crippen molar-refractivity contribution in [2.45, 2.75) is 25.2 Å². The lowest BCUT2D eigenvalue weighted by Gasteiger charge is -2.22. The average Bonchev–Trinajstić information content (AvgIpc) is 3.29. The van der Waals surface area contributed by atoms with Gasteiger partial charge in [-0.1, -0.05) is 12.5 Å².